The molecule has 0 fully saturated rings. The van der Waals surface area contributed by atoms with Crippen molar-refractivity contribution in [2.45, 2.75) is 198 Å². The molecule has 0 N–H and O–H groups in total. The summed E-state index contributed by atoms with van der Waals surface area (Å²) in [6.45, 7) is 21.9. The summed E-state index contributed by atoms with van der Waals surface area (Å²) < 4.78 is 72.5. The lowest BCUT2D eigenvalue weighted by molar-refractivity contribution is 0.444. The van der Waals surface area contributed by atoms with Gasteiger partial charge in [0.25, 0.3) is 0 Å². The van der Waals surface area contributed by atoms with Crippen LogP contribution in [-0.2, 0) is 25.7 Å². The first-order valence-electron chi connectivity index (χ1n) is 33.5. The average molecular weight is 1430 g/mol. The molecule has 9 heterocycles. The van der Waals surface area contributed by atoms with Gasteiger partial charge in [-0.3, -0.25) is 0 Å². The molecule has 2 nitrogen and oxygen atoms in total. The van der Waals surface area contributed by atoms with Crippen LogP contribution in [0.4, 0.5) is 17.6 Å². The molecule has 488 valence electrons. The van der Waals surface area contributed by atoms with Gasteiger partial charge in [0.2, 0.25) is 0 Å². The van der Waals surface area contributed by atoms with E-state index >= 15 is 17.6 Å². The fraction of sp³-hybridized carbons (Fsp3) is 0.447. The van der Waals surface area contributed by atoms with Gasteiger partial charge in [0.1, 0.15) is 34.1 Å². The van der Waals surface area contributed by atoms with E-state index in [9.17, 15) is 0 Å². The molecule has 92 heavy (non-hydrogen) atoms. The number of halogens is 6. The highest BCUT2D eigenvalue weighted by Crippen LogP contribution is 2.56. The van der Waals surface area contributed by atoms with Gasteiger partial charge < -0.3 is 0 Å². The lowest BCUT2D eigenvalue weighted by Crippen LogP contribution is -2.03. The Labute approximate surface area is 584 Å². The molecular formula is C76H84Cl2F4N2S8. The van der Waals surface area contributed by atoms with Crippen molar-refractivity contribution in [1.29, 1.82) is 0 Å². The van der Waals surface area contributed by atoms with E-state index in [-0.39, 0.29) is 33.8 Å². The third kappa shape index (κ3) is 14.7. The summed E-state index contributed by atoms with van der Waals surface area (Å²) in [5.74, 6) is -0.612. The van der Waals surface area contributed by atoms with Crippen molar-refractivity contribution in [3.05, 3.63) is 123 Å². The number of fused-ring (bicyclic) bond motifs is 3. The fourth-order valence-electron chi connectivity index (χ4n) is 13.3. The first-order valence-corrected chi connectivity index (χ1v) is 40.8. The van der Waals surface area contributed by atoms with Gasteiger partial charge in [-0.25, -0.2) is 27.5 Å². The van der Waals surface area contributed by atoms with Crippen molar-refractivity contribution in [2.24, 2.45) is 23.7 Å². The van der Waals surface area contributed by atoms with Crippen LogP contribution in [0, 0.1) is 60.8 Å². The van der Waals surface area contributed by atoms with Crippen molar-refractivity contribution in [3.8, 4) is 72.7 Å². The molecule has 11 aromatic rings. The zero-order chi connectivity index (χ0) is 65.1. The van der Waals surface area contributed by atoms with E-state index in [2.05, 4.69) is 86.6 Å². The van der Waals surface area contributed by atoms with E-state index in [0.717, 1.165) is 207 Å². The highest BCUT2D eigenvalue weighted by molar-refractivity contribution is 7.28. The van der Waals surface area contributed by atoms with Crippen LogP contribution in [0.15, 0.2) is 60.7 Å². The second-order valence-corrected chi connectivity index (χ2v) is 35.6. The Morgan fingerprint density at radius 1 is 0.380 bits per heavy atom. The number of aryl methyl sites for hydroxylation is 2. The first-order chi connectivity index (χ1) is 44.5. The Hall–Kier alpha value is -3.80. The molecule has 0 aliphatic rings. The van der Waals surface area contributed by atoms with Crippen LogP contribution in [0.1, 0.15) is 189 Å². The Morgan fingerprint density at radius 2 is 0.793 bits per heavy atom. The lowest BCUT2D eigenvalue weighted by Gasteiger charge is -2.15. The molecular weight excluding hydrogens is 1340 g/mol. The summed E-state index contributed by atoms with van der Waals surface area (Å²) in [5, 5.41) is 2.00. The molecule has 4 unspecified atom stereocenters. The van der Waals surface area contributed by atoms with Crippen LogP contribution in [0.25, 0.3) is 104 Å². The predicted molar refractivity (Wildman–Crippen MR) is 403 cm³/mol. The van der Waals surface area contributed by atoms with Crippen molar-refractivity contribution >= 4 is 145 Å². The molecule has 2 aromatic carbocycles. The van der Waals surface area contributed by atoms with Gasteiger partial charge in [0.15, 0.2) is 11.6 Å². The number of benzene rings is 2. The molecule has 11 rings (SSSR count). The minimum Gasteiger partial charge on any atom is -0.242 e. The van der Waals surface area contributed by atoms with Crippen LogP contribution < -0.4 is 0 Å². The van der Waals surface area contributed by atoms with Crippen molar-refractivity contribution in [1.82, 2.24) is 9.97 Å². The first kappa shape index (κ1) is 69.5. The average Bonchev–Trinajstić information content (AvgIpc) is 1.48. The minimum atomic E-state index is -0.992. The summed E-state index contributed by atoms with van der Waals surface area (Å²) in [5.41, 5.74) is 5.83. The van der Waals surface area contributed by atoms with Crippen LogP contribution in [0.2, 0.25) is 8.67 Å². The van der Waals surface area contributed by atoms with Gasteiger partial charge in [-0.05, 0) is 135 Å². The molecule has 0 bridgehead atoms. The summed E-state index contributed by atoms with van der Waals surface area (Å²) in [6, 6.07) is 19.9. The molecule has 4 atom stereocenters. The summed E-state index contributed by atoms with van der Waals surface area (Å²) in [7, 11) is 0. The van der Waals surface area contributed by atoms with Gasteiger partial charge in [-0.1, -0.05) is 181 Å². The predicted octanol–water partition coefficient (Wildman–Crippen LogP) is 29.6. The Bertz CT molecular complexity index is 4240. The molecule has 0 saturated heterocycles. The number of thiophene rings is 8. The maximum Gasteiger partial charge on any atom is 0.170 e. The number of rotatable bonds is 31. The molecule has 0 aliphatic carbocycles. The fourth-order valence-corrected chi connectivity index (χ4v) is 22.8. The van der Waals surface area contributed by atoms with Gasteiger partial charge >= 0.3 is 0 Å². The Kier molecular flexibility index (Phi) is 23.6. The number of hydrogen-bond donors (Lipinski definition) is 0. The quantitative estimate of drug-likeness (QED) is 0.0405. The van der Waals surface area contributed by atoms with Crippen molar-refractivity contribution < 1.29 is 17.6 Å². The van der Waals surface area contributed by atoms with Crippen LogP contribution in [0.5, 0.6) is 0 Å². The maximum absolute atomic E-state index is 18.1. The lowest BCUT2D eigenvalue weighted by atomic mass is 9.92. The van der Waals surface area contributed by atoms with Crippen molar-refractivity contribution in [3.63, 3.8) is 0 Å². The van der Waals surface area contributed by atoms with Gasteiger partial charge in [-0.15, -0.1) is 90.7 Å². The second-order valence-electron chi connectivity index (χ2n) is 25.3. The zero-order valence-electron chi connectivity index (χ0n) is 54.7. The highest BCUT2D eigenvalue weighted by Gasteiger charge is 2.32. The third-order valence-electron chi connectivity index (χ3n) is 18.8. The van der Waals surface area contributed by atoms with Gasteiger partial charge in [-0.2, -0.15) is 0 Å². The summed E-state index contributed by atoms with van der Waals surface area (Å²) >= 11 is 26.7. The van der Waals surface area contributed by atoms with E-state index in [1.165, 1.54) is 45.3 Å². The van der Waals surface area contributed by atoms with Gasteiger partial charge in [0, 0.05) is 80.1 Å². The summed E-state index contributed by atoms with van der Waals surface area (Å²) in [6.07, 6.45) is 20.4. The van der Waals surface area contributed by atoms with Crippen LogP contribution >= 0.6 is 114 Å². The van der Waals surface area contributed by atoms with E-state index in [0.29, 0.717) is 66.3 Å². The number of unbranched alkanes of at least 4 members (excludes halogenated alkanes) is 4. The number of hydrogen-bond acceptors (Lipinski definition) is 10. The van der Waals surface area contributed by atoms with E-state index in [4.69, 9.17) is 33.2 Å². The van der Waals surface area contributed by atoms with E-state index in [1.54, 1.807) is 57.5 Å². The number of nitrogens with zero attached hydrogens (tertiary/aromatic N) is 2. The molecule has 0 saturated carbocycles. The molecule has 9 aromatic heterocycles. The molecule has 16 heteroatoms. The topological polar surface area (TPSA) is 25.8 Å². The normalized spacial score (nSPS) is 13.5. The SMILES string of the molecule is CCCCC(CC)Cc1cc(-c2nc3c(-c4ccc(C)s4)c(F)c(F)c(-c4ccc(-c5cc6c(-c7cc(F)c(CC(CC)CCCC)s7)c7sc(C)cc7c(-c7cc(F)c(CC(CC)CCCC)s7)c6s5)s4)c3nc2-c2cc(CC(CC)CCCC)c(Cl)s2)sc1Cl. The standard InChI is InChI=1S/C76H84Cl2F4N2S8/c1-11-19-23-43(15-5)32-47-36-61(91-75(47)77)69-70(62-37-48(76(78)92-62)33-44(16-6)24-20-12-2)84-72-66(68(82)67(81)65(71(72)83-69)54-28-27-41(9)85-54)55-30-29-53(87-55)58-38-50-64(60-40-52(80)57(89-60)35-46(18-8)26-22-14-4)73-49(31-42(10)86-73)63(74(50)90-58)59-39-51(79)56(88-59)34-45(17-7)25-21-13-3/h27-31,36-40,43-46H,11-26,32-35H2,1-10H3. The van der Waals surface area contributed by atoms with E-state index < -0.39 is 11.6 Å². The maximum atomic E-state index is 18.1. The number of aromatic nitrogens is 2. The minimum absolute atomic E-state index is 0.0430. The monoisotopic (exact) mass is 1430 g/mol. The van der Waals surface area contributed by atoms with Crippen LogP contribution in [0.3, 0.4) is 0 Å². The second kappa shape index (κ2) is 31.2. The highest BCUT2D eigenvalue weighted by atomic mass is 35.5. The summed E-state index contributed by atoms with van der Waals surface area (Å²) in [4.78, 5) is 21.0. The molecule has 0 spiro atoms. The largest absolute Gasteiger partial charge is 0.242 e. The van der Waals surface area contributed by atoms with Crippen molar-refractivity contribution in [2.75, 3.05) is 0 Å². The smallest absolute Gasteiger partial charge is 0.170 e. The molecule has 0 radical (unpaired) electrons. The Balaban J connectivity index is 1.12. The van der Waals surface area contributed by atoms with Gasteiger partial charge in [0.05, 0.1) is 29.6 Å². The molecule has 0 amide bonds. The zero-order valence-corrected chi connectivity index (χ0v) is 62.7. The molecule has 0 aliphatic heterocycles. The third-order valence-corrected chi connectivity index (χ3v) is 28.5. The van der Waals surface area contributed by atoms with Crippen LogP contribution in [-0.4, -0.2) is 9.97 Å². The van der Waals surface area contributed by atoms with E-state index in [1.807, 2.05) is 31.2 Å². The Morgan fingerprint density at radius 3 is 1.23 bits per heavy atom.